The van der Waals surface area contributed by atoms with Crippen LogP contribution in [-0.4, -0.2) is 50.3 Å². The summed E-state index contributed by atoms with van der Waals surface area (Å²) in [5.74, 6) is 0.273. The number of aromatic nitrogens is 5. The van der Waals surface area contributed by atoms with E-state index in [2.05, 4.69) is 25.8 Å². The molecule has 0 radical (unpaired) electrons. The van der Waals surface area contributed by atoms with E-state index in [1.807, 2.05) is 0 Å². The van der Waals surface area contributed by atoms with Crippen molar-refractivity contribution in [1.82, 2.24) is 25.2 Å². The SMILES string of the molecule is COc1ccc(NC(=O)c2[nH]c(C)c(C(=O)OC(C)C)c2C)cc1-n1nnnc1C. The molecule has 3 aromatic rings. The smallest absolute Gasteiger partial charge is 0.340 e. The van der Waals surface area contributed by atoms with Crippen LogP contribution in [-0.2, 0) is 4.74 Å². The van der Waals surface area contributed by atoms with E-state index in [-0.39, 0.29) is 12.0 Å². The van der Waals surface area contributed by atoms with Crippen molar-refractivity contribution in [2.75, 3.05) is 12.4 Å². The van der Waals surface area contributed by atoms with E-state index in [4.69, 9.17) is 9.47 Å². The molecular weight excluding hydrogens is 388 g/mol. The fourth-order valence-electron chi connectivity index (χ4n) is 3.14. The first-order valence-electron chi connectivity index (χ1n) is 9.37. The van der Waals surface area contributed by atoms with E-state index in [0.717, 1.165) is 0 Å². The van der Waals surface area contributed by atoms with Crippen LogP contribution >= 0.6 is 0 Å². The Balaban J connectivity index is 1.90. The molecule has 0 atom stereocenters. The number of ether oxygens (including phenoxy) is 2. The second-order valence-corrected chi connectivity index (χ2v) is 7.06. The molecule has 1 aromatic carbocycles. The van der Waals surface area contributed by atoms with Gasteiger partial charge in [-0.25, -0.2) is 4.79 Å². The van der Waals surface area contributed by atoms with Gasteiger partial charge in [-0.3, -0.25) is 4.79 Å². The molecule has 158 valence electrons. The predicted molar refractivity (Wildman–Crippen MR) is 109 cm³/mol. The van der Waals surface area contributed by atoms with Gasteiger partial charge in [0, 0.05) is 11.4 Å². The fourth-order valence-corrected chi connectivity index (χ4v) is 3.14. The van der Waals surface area contributed by atoms with Crippen molar-refractivity contribution < 1.29 is 19.1 Å². The molecule has 0 fully saturated rings. The van der Waals surface area contributed by atoms with Crippen molar-refractivity contribution in [2.24, 2.45) is 0 Å². The second kappa shape index (κ2) is 8.36. The highest BCUT2D eigenvalue weighted by Gasteiger charge is 2.24. The van der Waals surface area contributed by atoms with Crippen molar-refractivity contribution in [3.8, 4) is 11.4 Å². The van der Waals surface area contributed by atoms with Gasteiger partial charge in [-0.1, -0.05) is 0 Å². The minimum Gasteiger partial charge on any atom is -0.494 e. The van der Waals surface area contributed by atoms with Gasteiger partial charge in [-0.05, 0) is 68.8 Å². The predicted octanol–water partition coefficient (Wildman–Crippen LogP) is 2.74. The number of hydrogen-bond donors (Lipinski definition) is 2. The number of nitrogens with one attached hydrogen (secondary N) is 2. The number of amides is 1. The van der Waals surface area contributed by atoms with Gasteiger partial charge in [0.2, 0.25) is 0 Å². The molecule has 0 aliphatic carbocycles. The first kappa shape index (κ1) is 21.0. The average Bonchev–Trinajstić information content (AvgIpc) is 3.23. The summed E-state index contributed by atoms with van der Waals surface area (Å²) in [4.78, 5) is 28.2. The van der Waals surface area contributed by atoms with Gasteiger partial charge in [0.25, 0.3) is 5.91 Å². The number of aromatic amines is 1. The number of anilines is 1. The van der Waals surface area contributed by atoms with Crippen molar-refractivity contribution in [1.29, 1.82) is 0 Å². The molecule has 2 aromatic heterocycles. The lowest BCUT2D eigenvalue weighted by atomic mass is 10.1. The number of benzene rings is 1. The Kier molecular flexibility index (Phi) is 5.86. The molecule has 0 bridgehead atoms. The number of H-pyrrole nitrogens is 1. The Morgan fingerprint density at radius 3 is 2.53 bits per heavy atom. The second-order valence-electron chi connectivity index (χ2n) is 7.06. The summed E-state index contributed by atoms with van der Waals surface area (Å²) in [5.41, 5.74) is 2.86. The number of aryl methyl sites for hydroxylation is 2. The first-order valence-corrected chi connectivity index (χ1v) is 9.37. The lowest BCUT2D eigenvalue weighted by Gasteiger charge is -2.12. The van der Waals surface area contributed by atoms with Crippen LogP contribution in [0.3, 0.4) is 0 Å². The maximum atomic E-state index is 12.9. The standard InChI is InChI=1S/C20H24N6O4/c1-10(2)30-20(28)17-11(3)18(21-12(17)4)19(27)22-14-7-8-16(29-6)15(9-14)26-13(5)23-24-25-26/h7-10,21H,1-6H3,(H,22,27). The van der Waals surface area contributed by atoms with E-state index in [1.54, 1.807) is 59.9 Å². The minimum atomic E-state index is -0.462. The van der Waals surface area contributed by atoms with Gasteiger partial charge in [0.05, 0.1) is 18.8 Å². The van der Waals surface area contributed by atoms with Gasteiger partial charge in [0.1, 0.15) is 17.1 Å². The number of esters is 1. The van der Waals surface area contributed by atoms with Gasteiger partial charge in [-0.15, -0.1) is 5.10 Å². The molecule has 3 rings (SSSR count). The Morgan fingerprint density at radius 2 is 1.93 bits per heavy atom. The molecule has 10 nitrogen and oxygen atoms in total. The molecule has 2 heterocycles. The summed E-state index contributed by atoms with van der Waals surface area (Å²) >= 11 is 0. The van der Waals surface area contributed by atoms with E-state index in [9.17, 15) is 9.59 Å². The quantitative estimate of drug-likeness (QED) is 0.597. The summed E-state index contributed by atoms with van der Waals surface area (Å²) in [6.45, 7) is 8.74. The number of carbonyl (C=O) groups is 2. The van der Waals surface area contributed by atoms with Crippen molar-refractivity contribution in [3.05, 3.63) is 46.5 Å². The lowest BCUT2D eigenvalue weighted by molar-refractivity contribution is 0.0376. The zero-order chi connectivity index (χ0) is 22.0. The third-order valence-electron chi connectivity index (χ3n) is 4.50. The number of tetrazole rings is 1. The molecule has 0 aliphatic heterocycles. The van der Waals surface area contributed by atoms with Gasteiger partial charge in [-0.2, -0.15) is 4.68 Å². The maximum absolute atomic E-state index is 12.9. The molecule has 0 unspecified atom stereocenters. The summed E-state index contributed by atoms with van der Waals surface area (Å²) < 4.78 is 12.2. The van der Waals surface area contributed by atoms with E-state index >= 15 is 0 Å². The van der Waals surface area contributed by atoms with Gasteiger partial charge in [0.15, 0.2) is 5.82 Å². The van der Waals surface area contributed by atoms with E-state index in [1.165, 1.54) is 4.68 Å². The van der Waals surface area contributed by atoms with Crippen LogP contribution in [0.2, 0.25) is 0 Å². The van der Waals surface area contributed by atoms with Crippen LogP contribution in [0.15, 0.2) is 18.2 Å². The summed E-state index contributed by atoms with van der Waals surface area (Å²) in [6, 6.07) is 5.13. The highest BCUT2D eigenvalue weighted by atomic mass is 16.5. The van der Waals surface area contributed by atoms with Crippen LogP contribution in [0.4, 0.5) is 5.69 Å². The highest BCUT2D eigenvalue weighted by molar-refractivity contribution is 6.07. The Bertz CT molecular complexity index is 1100. The van der Waals surface area contributed by atoms with Crippen LogP contribution in [0.1, 0.15) is 51.8 Å². The largest absolute Gasteiger partial charge is 0.494 e. The zero-order valence-corrected chi connectivity index (χ0v) is 17.7. The molecule has 1 amide bonds. The Morgan fingerprint density at radius 1 is 1.20 bits per heavy atom. The van der Waals surface area contributed by atoms with E-state index in [0.29, 0.717) is 45.5 Å². The van der Waals surface area contributed by atoms with Crippen LogP contribution in [0, 0.1) is 20.8 Å². The zero-order valence-electron chi connectivity index (χ0n) is 17.7. The number of methoxy groups -OCH3 is 1. The van der Waals surface area contributed by atoms with E-state index < -0.39 is 5.97 Å². The molecule has 0 aliphatic rings. The van der Waals surface area contributed by atoms with Gasteiger partial charge >= 0.3 is 5.97 Å². The van der Waals surface area contributed by atoms with Crippen molar-refractivity contribution in [3.63, 3.8) is 0 Å². The monoisotopic (exact) mass is 412 g/mol. The fraction of sp³-hybridized carbons (Fsp3) is 0.350. The molecule has 2 N–H and O–H groups in total. The molecule has 0 saturated heterocycles. The molecule has 30 heavy (non-hydrogen) atoms. The Labute approximate surface area is 173 Å². The van der Waals surface area contributed by atoms with Crippen LogP contribution < -0.4 is 10.1 Å². The molecule has 0 saturated carbocycles. The highest BCUT2D eigenvalue weighted by Crippen LogP contribution is 2.27. The average molecular weight is 412 g/mol. The normalized spacial score (nSPS) is 10.9. The summed E-state index contributed by atoms with van der Waals surface area (Å²) in [6.07, 6.45) is -0.254. The molecular formula is C20H24N6O4. The Hall–Kier alpha value is -3.69. The first-order chi connectivity index (χ1) is 14.2. The topological polar surface area (TPSA) is 124 Å². The maximum Gasteiger partial charge on any atom is 0.340 e. The van der Waals surface area contributed by atoms with Crippen molar-refractivity contribution in [2.45, 2.75) is 40.7 Å². The number of hydrogen-bond acceptors (Lipinski definition) is 7. The number of carbonyl (C=O) groups excluding carboxylic acids is 2. The minimum absolute atomic E-state index is 0.254. The molecule has 10 heteroatoms. The third-order valence-corrected chi connectivity index (χ3v) is 4.50. The van der Waals surface area contributed by atoms with Crippen LogP contribution in [0.25, 0.3) is 5.69 Å². The summed E-state index contributed by atoms with van der Waals surface area (Å²) in [7, 11) is 1.54. The van der Waals surface area contributed by atoms with Crippen molar-refractivity contribution >= 4 is 17.6 Å². The lowest BCUT2D eigenvalue weighted by Crippen LogP contribution is -2.15. The molecule has 0 spiro atoms. The summed E-state index contributed by atoms with van der Waals surface area (Å²) in [5, 5.41) is 14.3. The van der Waals surface area contributed by atoms with Gasteiger partial charge < -0.3 is 19.8 Å². The third kappa shape index (κ3) is 4.02. The number of nitrogens with zero attached hydrogens (tertiary/aromatic N) is 4. The number of rotatable bonds is 6. The van der Waals surface area contributed by atoms with Crippen LogP contribution in [0.5, 0.6) is 5.75 Å².